The maximum absolute atomic E-state index is 9.18. The van der Waals surface area contributed by atoms with Crippen LogP contribution in [0.5, 0.6) is 0 Å². The van der Waals surface area contributed by atoms with Gasteiger partial charge in [-0.2, -0.15) is 0 Å². The van der Waals surface area contributed by atoms with Gasteiger partial charge < -0.3 is 19.2 Å². The van der Waals surface area contributed by atoms with Crippen LogP contribution in [0.4, 0.5) is 0 Å². The van der Waals surface area contributed by atoms with Crippen LogP contribution in [0.25, 0.3) is 0 Å². The Morgan fingerprint density at radius 2 is 1.25 bits per heavy atom. The third-order valence-corrected chi connectivity index (χ3v) is 2.91. The maximum atomic E-state index is 9.18. The Balaban J connectivity index is 2.38. The van der Waals surface area contributed by atoms with Crippen molar-refractivity contribution < 1.29 is 19.2 Å². The Labute approximate surface area is 116 Å². The first-order valence-electron chi connectivity index (χ1n) is 6.36. The van der Waals surface area contributed by atoms with Crippen LogP contribution in [0.1, 0.15) is 36.9 Å². The minimum Gasteiger partial charge on any atom is -0.459 e. The summed E-state index contributed by atoms with van der Waals surface area (Å²) in [5.41, 5.74) is 0.0356. The van der Waals surface area contributed by atoms with E-state index >= 15 is 0 Å². The molecule has 0 spiro atoms. The van der Waals surface area contributed by atoms with Crippen LogP contribution in [0.3, 0.4) is 0 Å². The summed E-state index contributed by atoms with van der Waals surface area (Å²) in [5.74, 6) is 2.11. The molecule has 0 aromatic carbocycles. The molecule has 0 saturated carbocycles. The summed E-state index contributed by atoms with van der Waals surface area (Å²) in [5, 5.41) is 24.7. The SMILES string of the molecule is CCc1ccc(C(=N/O)/C(=N\O)c2ccc(CC)o2)o1. The molecule has 2 N–H and O–H groups in total. The highest BCUT2D eigenvalue weighted by molar-refractivity contribution is 6.52. The fourth-order valence-electron chi connectivity index (χ4n) is 1.82. The molecule has 0 radical (unpaired) electrons. The highest BCUT2D eigenvalue weighted by Gasteiger charge is 2.22. The molecule has 0 aliphatic carbocycles. The Morgan fingerprint density at radius 1 is 0.850 bits per heavy atom. The van der Waals surface area contributed by atoms with Gasteiger partial charge >= 0.3 is 0 Å². The lowest BCUT2D eigenvalue weighted by atomic mass is 10.1. The third-order valence-electron chi connectivity index (χ3n) is 2.91. The van der Waals surface area contributed by atoms with Gasteiger partial charge in [-0.15, -0.1) is 0 Å². The number of aryl methyl sites for hydroxylation is 2. The second kappa shape index (κ2) is 6.10. The number of nitrogens with zero attached hydrogens (tertiary/aromatic N) is 2. The normalized spacial score (nSPS) is 12.9. The van der Waals surface area contributed by atoms with Crippen molar-refractivity contribution in [3.8, 4) is 0 Å². The number of hydrogen-bond donors (Lipinski definition) is 2. The fraction of sp³-hybridized carbons (Fsp3) is 0.286. The van der Waals surface area contributed by atoms with E-state index in [2.05, 4.69) is 10.3 Å². The van der Waals surface area contributed by atoms with Crippen molar-refractivity contribution in [3.05, 3.63) is 47.3 Å². The van der Waals surface area contributed by atoms with Crippen molar-refractivity contribution >= 4 is 11.4 Å². The molecule has 0 saturated heterocycles. The highest BCUT2D eigenvalue weighted by atomic mass is 16.4. The van der Waals surface area contributed by atoms with Crippen LogP contribution < -0.4 is 0 Å². The zero-order valence-corrected chi connectivity index (χ0v) is 11.3. The van der Waals surface area contributed by atoms with Gasteiger partial charge in [0.2, 0.25) is 0 Å². The molecule has 20 heavy (non-hydrogen) atoms. The zero-order chi connectivity index (χ0) is 14.5. The molecule has 2 aromatic rings. The van der Waals surface area contributed by atoms with Gasteiger partial charge in [0.1, 0.15) is 11.5 Å². The van der Waals surface area contributed by atoms with Crippen molar-refractivity contribution in [1.29, 1.82) is 0 Å². The van der Waals surface area contributed by atoms with Crippen LogP contribution >= 0.6 is 0 Å². The van der Waals surface area contributed by atoms with Gasteiger partial charge in [0, 0.05) is 12.8 Å². The van der Waals surface area contributed by atoms with Crippen LogP contribution in [0, 0.1) is 0 Å². The predicted molar refractivity (Wildman–Crippen MR) is 72.8 cm³/mol. The first-order chi connectivity index (χ1) is 9.73. The molecule has 2 heterocycles. The molecule has 0 amide bonds. The molecular weight excluding hydrogens is 260 g/mol. The lowest BCUT2D eigenvalue weighted by Gasteiger charge is -2.01. The average Bonchev–Trinajstić information content (AvgIpc) is 3.13. The van der Waals surface area contributed by atoms with Crippen molar-refractivity contribution in [1.82, 2.24) is 0 Å². The Morgan fingerprint density at radius 3 is 1.50 bits per heavy atom. The van der Waals surface area contributed by atoms with Gasteiger partial charge in [-0.25, -0.2) is 0 Å². The molecule has 6 heteroatoms. The second-order valence-electron chi connectivity index (χ2n) is 4.14. The summed E-state index contributed by atoms with van der Waals surface area (Å²) in [6.07, 6.45) is 1.43. The van der Waals surface area contributed by atoms with E-state index in [0.717, 1.165) is 11.5 Å². The molecule has 0 fully saturated rings. The summed E-state index contributed by atoms with van der Waals surface area (Å²) in [4.78, 5) is 0. The minimum absolute atomic E-state index is 0.0178. The van der Waals surface area contributed by atoms with Crippen molar-refractivity contribution in [3.63, 3.8) is 0 Å². The largest absolute Gasteiger partial charge is 0.459 e. The Hall–Kier alpha value is -2.50. The van der Waals surface area contributed by atoms with Crippen LogP contribution in [0.2, 0.25) is 0 Å². The second-order valence-corrected chi connectivity index (χ2v) is 4.14. The van der Waals surface area contributed by atoms with E-state index in [0.29, 0.717) is 24.4 Å². The lowest BCUT2D eigenvalue weighted by molar-refractivity contribution is 0.312. The van der Waals surface area contributed by atoms with E-state index in [4.69, 9.17) is 8.83 Å². The van der Waals surface area contributed by atoms with E-state index < -0.39 is 0 Å². The van der Waals surface area contributed by atoms with Gasteiger partial charge in [-0.05, 0) is 24.3 Å². The summed E-state index contributed by atoms with van der Waals surface area (Å²) in [7, 11) is 0. The van der Waals surface area contributed by atoms with E-state index in [1.54, 1.807) is 24.3 Å². The summed E-state index contributed by atoms with van der Waals surface area (Å²) < 4.78 is 11.0. The average molecular weight is 276 g/mol. The molecule has 6 nitrogen and oxygen atoms in total. The molecule has 0 aliphatic rings. The highest BCUT2D eigenvalue weighted by Crippen LogP contribution is 2.16. The van der Waals surface area contributed by atoms with Gasteiger partial charge in [-0.3, -0.25) is 0 Å². The van der Waals surface area contributed by atoms with Crippen LogP contribution in [0.15, 0.2) is 43.4 Å². The maximum Gasteiger partial charge on any atom is 0.177 e. The van der Waals surface area contributed by atoms with Gasteiger partial charge in [0.05, 0.1) is 0 Å². The number of furan rings is 2. The molecule has 2 aromatic heterocycles. The fourth-order valence-corrected chi connectivity index (χ4v) is 1.82. The summed E-state index contributed by atoms with van der Waals surface area (Å²) in [6, 6.07) is 6.86. The smallest absolute Gasteiger partial charge is 0.177 e. The topological polar surface area (TPSA) is 91.5 Å². The van der Waals surface area contributed by atoms with Gasteiger partial charge in [-0.1, -0.05) is 24.2 Å². The lowest BCUT2D eigenvalue weighted by Crippen LogP contribution is -2.16. The van der Waals surface area contributed by atoms with Crippen LogP contribution in [-0.4, -0.2) is 21.8 Å². The molecule has 2 rings (SSSR count). The van der Waals surface area contributed by atoms with E-state index in [1.807, 2.05) is 13.8 Å². The molecule has 0 aliphatic heterocycles. The van der Waals surface area contributed by atoms with Crippen LogP contribution in [-0.2, 0) is 12.8 Å². The first kappa shape index (κ1) is 13.9. The molecular formula is C14H16N2O4. The third kappa shape index (κ3) is 2.59. The van der Waals surface area contributed by atoms with Gasteiger partial charge in [0.25, 0.3) is 0 Å². The van der Waals surface area contributed by atoms with E-state index in [9.17, 15) is 10.4 Å². The quantitative estimate of drug-likeness (QED) is 0.498. The van der Waals surface area contributed by atoms with Crippen molar-refractivity contribution in [2.24, 2.45) is 10.3 Å². The zero-order valence-electron chi connectivity index (χ0n) is 11.3. The number of oxime groups is 2. The summed E-state index contributed by atoms with van der Waals surface area (Å²) >= 11 is 0. The standard InChI is InChI=1S/C14H16N2O4/c1-3-9-5-7-11(19-9)13(15-17)14(16-18)12-8-6-10(4-2)20-12/h5-8,17-18H,3-4H2,1-2H3/b15-13-,16-14-. The van der Waals surface area contributed by atoms with E-state index in [-0.39, 0.29) is 11.4 Å². The first-order valence-corrected chi connectivity index (χ1v) is 6.36. The number of hydrogen-bond acceptors (Lipinski definition) is 6. The monoisotopic (exact) mass is 276 g/mol. The predicted octanol–water partition coefficient (Wildman–Crippen LogP) is 3.05. The number of rotatable bonds is 5. The molecule has 0 atom stereocenters. The van der Waals surface area contributed by atoms with E-state index in [1.165, 1.54) is 0 Å². The summed E-state index contributed by atoms with van der Waals surface area (Å²) in [6.45, 7) is 3.89. The Bertz CT molecular complexity index is 581. The van der Waals surface area contributed by atoms with Gasteiger partial charge in [0.15, 0.2) is 22.9 Å². The Kier molecular flexibility index (Phi) is 4.24. The molecule has 0 unspecified atom stereocenters. The van der Waals surface area contributed by atoms with Crippen molar-refractivity contribution in [2.75, 3.05) is 0 Å². The molecule has 0 bridgehead atoms. The molecule has 106 valence electrons. The minimum atomic E-state index is 0.0178. The van der Waals surface area contributed by atoms with Crippen molar-refractivity contribution in [2.45, 2.75) is 26.7 Å².